The minimum absolute atomic E-state index is 0.00584. The van der Waals surface area contributed by atoms with Crippen LogP contribution in [0.25, 0.3) is 0 Å². The predicted octanol–water partition coefficient (Wildman–Crippen LogP) is 4.50. The molecule has 5 nitrogen and oxygen atoms in total. The van der Waals surface area contributed by atoms with Gasteiger partial charge in [0.15, 0.2) is 25.8 Å². The molecule has 6 heteroatoms. The molecule has 0 aliphatic heterocycles. The lowest BCUT2D eigenvalue weighted by atomic mass is 9.69. The van der Waals surface area contributed by atoms with Gasteiger partial charge in [-0.2, -0.15) is 0 Å². The van der Waals surface area contributed by atoms with Crippen molar-refractivity contribution in [2.45, 2.75) is 64.5 Å². The van der Waals surface area contributed by atoms with Crippen LogP contribution in [0, 0.1) is 11.8 Å². The summed E-state index contributed by atoms with van der Waals surface area (Å²) in [4.78, 5) is 26.2. The molecule has 1 aromatic carbocycles. The number of carbonyl (C=O) groups is 2. The van der Waals surface area contributed by atoms with Gasteiger partial charge in [-0.1, -0.05) is 63.3 Å². The van der Waals surface area contributed by atoms with Crippen LogP contribution in [0.3, 0.4) is 0 Å². The number of ketones is 2. The van der Waals surface area contributed by atoms with Gasteiger partial charge in [-0.25, -0.2) is 0 Å². The fraction of sp³-hybridized carbons (Fsp3) is 0.500. The molecule has 0 bridgehead atoms. The largest absolute Gasteiger partial charge is 0.474 e. The number of carbonyl (C=O) groups excluding carboxylic acids is 2. The van der Waals surface area contributed by atoms with Crippen LogP contribution in [0.4, 0.5) is 0 Å². The van der Waals surface area contributed by atoms with Gasteiger partial charge in [0, 0.05) is 6.42 Å². The van der Waals surface area contributed by atoms with Gasteiger partial charge in [0.2, 0.25) is 0 Å². The van der Waals surface area contributed by atoms with E-state index < -0.39 is 14.2 Å². The van der Waals surface area contributed by atoms with Crippen molar-refractivity contribution in [3.8, 4) is 0 Å². The maximum atomic E-state index is 13.4. The molecule has 2 aliphatic rings. The first-order chi connectivity index (χ1) is 14.0. The zero-order valence-electron chi connectivity index (χ0n) is 18.6. The van der Waals surface area contributed by atoms with Crippen LogP contribution in [-0.4, -0.2) is 26.0 Å². The summed E-state index contributed by atoms with van der Waals surface area (Å²) < 4.78 is 12.2. The molecule has 0 spiro atoms. The van der Waals surface area contributed by atoms with Crippen molar-refractivity contribution in [1.82, 2.24) is 0 Å². The van der Waals surface area contributed by atoms with Gasteiger partial charge in [0.25, 0.3) is 0 Å². The SMILES string of the molecule is CC(C)(C)[Si](C)(C)OC1C=CCC2CC(=O)C(=C(N)OCc3ccccc3)C(=O)C21. The van der Waals surface area contributed by atoms with Gasteiger partial charge >= 0.3 is 0 Å². The molecule has 1 fully saturated rings. The molecule has 0 radical (unpaired) electrons. The molecule has 3 atom stereocenters. The number of fused-ring (bicyclic) bond motifs is 1. The smallest absolute Gasteiger partial charge is 0.199 e. The Labute approximate surface area is 180 Å². The average molecular weight is 428 g/mol. The van der Waals surface area contributed by atoms with Gasteiger partial charge < -0.3 is 14.9 Å². The topological polar surface area (TPSA) is 78.6 Å². The molecule has 0 aromatic heterocycles. The van der Waals surface area contributed by atoms with Crippen LogP contribution in [0.15, 0.2) is 53.9 Å². The third-order valence-corrected chi connectivity index (χ3v) is 11.1. The third-order valence-electron chi connectivity index (χ3n) is 6.62. The number of rotatable bonds is 5. The van der Waals surface area contributed by atoms with Gasteiger partial charge in [0.1, 0.15) is 12.2 Å². The number of hydrogen-bond acceptors (Lipinski definition) is 5. The van der Waals surface area contributed by atoms with Crippen LogP contribution in [0.5, 0.6) is 0 Å². The maximum absolute atomic E-state index is 13.4. The monoisotopic (exact) mass is 427 g/mol. The standard InChI is InChI=1S/C24H33NO4Si/c1-24(2,3)30(4,5)29-19-13-9-12-17-14-18(26)21(22(27)20(17)19)23(25)28-15-16-10-7-6-8-11-16/h6-11,13,17,19-20H,12,14-15,25H2,1-5H3. The zero-order valence-corrected chi connectivity index (χ0v) is 19.6. The van der Waals surface area contributed by atoms with Crippen LogP contribution < -0.4 is 5.73 Å². The second kappa shape index (κ2) is 8.51. The van der Waals surface area contributed by atoms with Crippen molar-refractivity contribution in [1.29, 1.82) is 0 Å². The van der Waals surface area contributed by atoms with E-state index in [9.17, 15) is 9.59 Å². The fourth-order valence-corrected chi connectivity index (χ4v) is 5.09. The first-order valence-electron chi connectivity index (χ1n) is 10.6. The summed E-state index contributed by atoms with van der Waals surface area (Å²) in [6.45, 7) is 11.1. The Morgan fingerprint density at radius 2 is 1.83 bits per heavy atom. The Balaban J connectivity index is 1.84. The van der Waals surface area contributed by atoms with Crippen LogP contribution in [-0.2, 0) is 25.4 Å². The first kappa shape index (κ1) is 22.5. The Hall–Kier alpha value is -2.18. The van der Waals surface area contributed by atoms with E-state index in [0.29, 0.717) is 12.8 Å². The fourth-order valence-electron chi connectivity index (χ4n) is 3.84. The molecule has 3 rings (SSSR count). The average Bonchev–Trinajstić information content (AvgIpc) is 2.66. The Morgan fingerprint density at radius 3 is 2.47 bits per heavy atom. The molecule has 3 unspecified atom stereocenters. The highest BCUT2D eigenvalue weighted by Crippen LogP contribution is 2.43. The minimum atomic E-state index is -2.09. The number of hydrogen-bond donors (Lipinski definition) is 1. The van der Waals surface area contributed by atoms with Crippen LogP contribution >= 0.6 is 0 Å². The molecular formula is C24H33NO4Si. The number of nitrogens with two attached hydrogens (primary N) is 1. The maximum Gasteiger partial charge on any atom is 0.199 e. The zero-order chi connectivity index (χ0) is 22.1. The second-order valence-corrected chi connectivity index (χ2v) is 14.6. The highest BCUT2D eigenvalue weighted by atomic mass is 28.4. The van der Waals surface area contributed by atoms with Crippen LogP contribution in [0.2, 0.25) is 18.1 Å². The summed E-state index contributed by atoms with van der Waals surface area (Å²) in [5, 5.41) is 0.0256. The molecule has 30 heavy (non-hydrogen) atoms. The summed E-state index contributed by atoms with van der Waals surface area (Å²) in [5.74, 6) is -0.984. The second-order valence-electron chi connectivity index (χ2n) is 9.80. The minimum Gasteiger partial charge on any atom is -0.474 e. The lowest BCUT2D eigenvalue weighted by Crippen LogP contribution is -2.51. The van der Waals surface area contributed by atoms with E-state index in [1.165, 1.54) is 0 Å². The lowest BCUT2D eigenvalue weighted by molar-refractivity contribution is -0.132. The lowest BCUT2D eigenvalue weighted by Gasteiger charge is -2.44. The molecule has 2 N–H and O–H groups in total. The molecule has 0 amide bonds. The normalized spacial score (nSPS) is 26.4. The van der Waals surface area contributed by atoms with E-state index in [2.05, 4.69) is 33.9 Å². The summed E-state index contributed by atoms with van der Waals surface area (Å²) in [6.07, 6.45) is 4.71. The molecule has 2 aliphatic carbocycles. The number of allylic oxidation sites excluding steroid dienone is 2. The number of Topliss-reactive ketones (excluding diaryl/α,β-unsaturated/α-hetero) is 2. The van der Waals surface area contributed by atoms with E-state index in [1.807, 2.05) is 42.5 Å². The number of ether oxygens (including phenoxy) is 1. The summed E-state index contributed by atoms with van der Waals surface area (Å²) >= 11 is 0. The molecule has 0 saturated heterocycles. The van der Waals surface area contributed by atoms with Crippen LogP contribution in [0.1, 0.15) is 39.2 Å². The van der Waals surface area contributed by atoms with E-state index in [1.54, 1.807) is 0 Å². The van der Waals surface area contributed by atoms with Crippen molar-refractivity contribution in [3.05, 3.63) is 59.5 Å². The van der Waals surface area contributed by atoms with Crippen molar-refractivity contribution < 1.29 is 18.8 Å². The van der Waals surface area contributed by atoms with Crippen molar-refractivity contribution in [3.63, 3.8) is 0 Å². The van der Waals surface area contributed by atoms with Gasteiger partial charge in [-0.15, -0.1) is 0 Å². The molecular weight excluding hydrogens is 394 g/mol. The van der Waals surface area contributed by atoms with Crippen molar-refractivity contribution in [2.75, 3.05) is 0 Å². The quantitative estimate of drug-likeness (QED) is 0.246. The van der Waals surface area contributed by atoms with E-state index in [0.717, 1.165) is 5.56 Å². The van der Waals surface area contributed by atoms with Gasteiger partial charge in [0.05, 0.1) is 12.0 Å². The third kappa shape index (κ3) is 4.60. The molecule has 1 saturated carbocycles. The Bertz CT molecular complexity index is 867. The first-order valence-corrected chi connectivity index (χ1v) is 13.5. The molecule has 1 aromatic rings. The van der Waals surface area contributed by atoms with Gasteiger partial charge in [-0.3, -0.25) is 9.59 Å². The molecule has 162 valence electrons. The van der Waals surface area contributed by atoms with E-state index in [-0.39, 0.29) is 46.7 Å². The summed E-state index contributed by atoms with van der Waals surface area (Å²) in [7, 11) is -2.09. The Morgan fingerprint density at radius 1 is 1.17 bits per heavy atom. The van der Waals surface area contributed by atoms with Crippen molar-refractivity contribution >= 4 is 19.9 Å². The Kier molecular flexibility index (Phi) is 6.39. The van der Waals surface area contributed by atoms with Gasteiger partial charge in [-0.05, 0) is 36.0 Å². The number of benzene rings is 1. The highest BCUT2D eigenvalue weighted by molar-refractivity contribution is 6.74. The van der Waals surface area contributed by atoms with E-state index in [4.69, 9.17) is 14.9 Å². The summed E-state index contributed by atoms with van der Waals surface area (Å²) in [5.41, 5.74) is 7.04. The van der Waals surface area contributed by atoms with E-state index >= 15 is 0 Å². The van der Waals surface area contributed by atoms with Crippen molar-refractivity contribution in [2.24, 2.45) is 17.6 Å². The summed E-state index contributed by atoms with van der Waals surface area (Å²) in [6, 6.07) is 9.54. The predicted molar refractivity (Wildman–Crippen MR) is 120 cm³/mol. The highest BCUT2D eigenvalue weighted by Gasteiger charge is 2.49. The molecule has 0 heterocycles.